The summed E-state index contributed by atoms with van der Waals surface area (Å²) in [6.07, 6.45) is 3.92. The highest BCUT2D eigenvalue weighted by Gasteiger charge is 2.71. The van der Waals surface area contributed by atoms with Crippen LogP contribution in [0.25, 0.3) is 6.08 Å². The minimum Gasteiger partial charge on any atom is -0.497 e. The summed E-state index contributed by atoms with van der Waals surface area (Å²) in [5, 5.41) is 0. The molecule has 39 heavy (non-hydrogen) atoms. The maximum atomic E-state index is 14.6. The molecule has 0 aromatic heterocycles. The molecule has 3 atom stereocenters. The average molecular weight is 512 g/mol. The van der Waals surface area contributed by atoms with Crippen molar-refractivity contribution in [2.75, 3.05) is 12.0 Å². The molecule has 3 aliphatic rings. The molecule has 0 N–H and O–H groups in total. The van der Waals surface area contributed by atoms with Crippen LogP contribution in [0.1, 0.15) is 48.1 Å². The Hall–Kier alpha value is -4.77. The molecule has 1 aliphatic carbocycles. The van der Waals surface area contributed by atoms with Crippen molar-refractivity contribution in [3.8, 4) is 5.75 Å². The van der Waals surface area contributed by atoms with Gasteiger partial charge in [0, 0.05) is 28.3 Å². The summed E-state index contributed by atoms with van der Waals surface area (Å²) in [6.45, 7) is 0. The van der Waals surface area contributed by atoms with Crippen LogP contribution in [0.15, 0.2) is 109 Å². The molecule has 1 fully saturated rings. The smallest absolute Gasteiger partial charge is 0.185 e. The molecule has 0 amide bonds. The van der Waals surface area contributed by atoms with Crippen molar-refractivity contribution in [1.82, 2.24) is 0 Å². The van der Waals surface area contributed by atoms with Gasteiger partial charge in [-0.2, -0.15) is 0 Å². The fourth-order valence-electron chi connectivity index (χ4n) is 6.87. The van der Waals surface area contributed by atoms with Gasteiger partial charge in [0.05, 0.1) is 13.2 Å². The summed E-state index contributed by atoms with van der Waals surface area (Å²) < 4.78 is 5.40. The van der Waals surface area contributed by atoms with Crippen LogP contribution in [0, 0.1) is 5.41 Å². The number of hydrogen-bond acceptors (Lipinski definition) is 5. The summed E-state index contributed by atoms with van der Waals surface area (Å²) >= 11 is 0. The van der Waals surface area contributed by atoms with Gasteiger partial charge in [0.25, 0.3) is 0 Å². The Bertz CT molecular complexity index is 1640. The normalized spacial score (nSPS) is 22.0. The molecular formula is C34H25NO4. The second kappa shape index (κ2) is 8.63. The van der Waals surface area contributed by atoms with E-state index >= 15 is 0 Å². The highest BCUT2D eigenvalue weighted by Crippen LogP contribution is 2.61. The van der Waals surface area contributed by atoms with E-state index in [-0.39, 0.29) is 17.3 Å². The maximum Gasteiger partial charge on any atom is 0.185 e. The molecule has 5 nitrogen and oxygen atoms in total. The van der Waals surface area contributed by atoms with Crippen molar-refractivity contribution < 1.29 is 19.1 Å². The number of benzene rings is 4. The molecule has 0 bridgehead atoms. The molecule has 1 spiro atoms. The molecule has 3 unspecified atom stereocenters. The summed E-state index contributed by atoms with van der Waals surface area (Å²) in [7, 11) is 1.59. The largest absolute Gasteiger partial charge is 0.497 e. The number of para-hydroxylation sites is 1. The van der Waals surface area contributed by atoms with Crippen molar-refractivity contribution in [3.63, 3.8) is 0 Å². The predicted octanol–water partition coefficient (Wildman–Crippen LogP) is 6.01. The molecule has 7 rings (SSSR count). The minimum atomic E-state index is -1.50. The van der Waals surface area contributed by atoms with Crippen molar-refractivity contribution >= 4 is 29.1 Å². The van der Waals surface area contributed by atoms with Gasteiger partial charge in [-0.15, -0.1) is 0 Å². The lowest BCUT2D eigenvalue weighted by atomic mass is 9.64. The van der Waals surface area contributed by atoms with E-state index in [0.29, 0.717) is 22.4 Å². The van der Waals surface area contributed by atoms with E-state index in [4.69, 9.17) is 4.74 Å². The SMILES string of the molecule is COc1ccc(C2C(C(=O)c3ccccc3)N3c4ccccc4C=CC3C23C(=O)c2ccccc2C3=O)cc1. The van der Waals surface area contributed by atoms with Gasteiger partial charge >= 0.3 is 0 Å². The monoisotopic (exact) mass is 511 g/mol. The molecule has 2 heterocycles. The molecule has 4 aromatic rings. The second-order valence-electron chi connectivity index (χ2n) is 10.3. The van der Waals surface area contributed by atoms with E-state index in [9.17, 15) is 14.4 Å². The molecule has 190 valence electrons. The quantitative estimate of drug-likeness (QED) is 0.248. The number of nitrogens with zero attached hydrogens (tertiary/aromatic N) is 1. The zero-order valence-corrected chi connectivity index (χ0v) is 21.3. The fraction of sp³-hybridized carbons (Fsp3) is 0.147. The third kappa shape index (κ3) is 3.10. The summed E-state index contributed by atoms with van der Waals surface area (Å²) in [4.78, 5) is 45.7. The van der Waals surface area contributed by atoms with Gasteiger partial charge in [-0.3, -0.25) is 14.4 Å². The fourth-order valence-corrected chi connectivity index (χ4v) is 6.87. The Morgan fingerprint density at radius 1 is 0.769 bits per heavy atom. The maximum absolute atomic E-state index is 14.6. The first-order chi connectivity index (χ1) is 19.1. The predicted molar refractivity (Wildman–Crippen MR) is 150 cm³/mol. The van der Waals surface area contributed by atoms with E-state index in [1.807, 2.05) is 83.8 Å². The number of anilines is 1. The van der Waals surface area contributed by atoms with E-state index in [1.165, 1.54) is 0 Å². The first-order valence-electron chi connectivity index (χ1n) is 13.0. The van der Waals surface area contributed by atoms with Gasteiger partial charge in [0.2, 0.25) is 0 Å². The van der Waals surface area contributed by atoms with Gasteiger partial charge in [0.1, 0.15) is 17.2 Å². The highest BCUT2D eigenvalue weighted by atomic mass is 16.5. The first kappa shape index (κ1) is 23.4. The lowest BCUT2D eigenvalue weighted by Crippen LogP contribution is -2.48. The van der Waals surface area contributed by atoms with E-state index < -0.39 is 23.4 Å². The van der Waals surface area contributed by atoms with Gasteiger partial charge < -0.3 is 9.64 Å². The van der Waals surface area contributed by atoms with Crippen molar-refractivity contribution in [3.05, 3.63) is 137 Å². The average Bonchev–Trinajstić information content (AvgIpc) is 3.43. The van der Waals surface area contributed by atoms with E-state index in [0.717, 1.165) is 16.8 Å². The Balaban J connectivity index is 1.54. The number of carbonyl (C=O) groups is 3. The van der Waals surface area contributed by atoms with Gasteiger partial charge in [-0.05, 0) is 29.3 Å². The van der Waals surface area contributed by atoms with Crippen LogP contribution in [0.5, 0.6) is 5.75 Å². The first-order valence-corrected chi connectivity index (χ1v) is 13.0. The number of Topliss-reactive ketones (excluding diaryl/α,β-unsaturated/α-hetero) is 3. The molecule has 5 heteroatoms. The van der Waals surface area contributed by atoms with Gasteiger partial charge in [0.15, 0.2) is 17.3 Å². The van der Waals surface area contributed by atoms with Gasteiger partial charge in [-0.1, -0.05) is 97.1 Å². The molecular weight excluding hydrogens is 486 g/mol. The second-order valence-corrected chi connectivity index (χ2v) is 10.3. The summed E-state index contributed by atoms with van der Waals surface area (Å²) in [5.74, 6) is -0.658. The van der Waals surface area contributed by atoms with Crippen LogP contribution in [-0.2, 0) is 0 Å². The highest BCUT2D eigenvalue weighted by molar-refractivity contribution is 6.32. The number of hydrogen-bond donors (Lipinski definition) is 0. The number of carbonyl (C=O) groups excluding carboxylic acids is 3. The summed E-state index contributed by atoms with van der Waals surface area (Å²) in [5.41, 5.74) is 2.41. The molecule has 0 radical (unpaired) electrons. The molecule has 0 saturated carbocycles. The Morgan fingerprint density at radius 3 is 2.05 bits per heavy atom. The van der Waals surface area contributed by atoms with Crippen LogP contribution in [-0.4, -0.2) is 36.5 Å². The topological polar surface area (TPSA) is 63.7 Å². The minimum absolute atomic E-state index is 0.125. The lowest BCUT2D eigenvalue weighted by molar-refractivity contribution is 0.0666. The van der Waals surface area contributed by atoms with E-state index in [1.54, 1.807) is 43.5 Å². The molecule has 4 aromatic carbocycles. The standard InChI is InChI=1S/C34H25NO4/c1-39-24-18-15-22(16-19-24)29-30(31(36)23-10-3-2-4-11-23)35-27-14-8-5-9-21(27)17-20-28(35)34(29)32(37)25-12-6-7-13-26(25)33(34)38/h2-20,28-30H,1H3. The third-order valence-electron chi connectivity index (χ3n) is 8.51. The zero-order valence-electron chi connectivity index (χ0n) is 21.3. The Kier molecular flexibility index (Phi) is 5.17. The lowest BCUT2D eigenvalue weighted by Gasteiger charge is -2.37. The molecule has 1 saturated heterocycles. The Morgan fingerprint density at radius 2 is 1.38 bits per heavy atom. The zero-order chi connectivity index (χ0) is 26.7. The van der Waals surface area contributed by atoms with Crippen molar-refractivity contribution in [2.24, 2.45) is 5.41 Å². The number of ether oxygens (including phenoxy) is 1. The van der Waals surface area contributed by atoms with Crippen LogP contribution in [0.3, 0.4) is 0 Å². The molecule has 2 aliphatic heterocycles. The van der Waals surface area contributed by atoms with Gasteiger partial charge in [-0.25, -0.2) is 0 Å². The number of fused-ring (bicyclic) bond motifs is 5. The number of rotatable bonds is 4. The van der Waals surface area contributed by atoms with E-state index in [2.05, 4.69) is 0 Å². The van der Waals surface area contributed by atoms with Crippen LogP contribution in [0.4, 0.5) is 5.69 Å². The number of methoxy groups -OCH3 is 1. The van der Waals surface area contributed by atoms with Crippen molar-refractivity contribution in [1.29, 1.82) is 0 Å². The Labute approximate surface area is 226 Å². The number of ketones is 3. The van der Waals surface area contributed by atoms with Crippen LogP contribution in [0.2, 0.25) is 0 Å². The summed E-state index contributed by atoms with van der Waals surface area (Å²) in [6, 6.07) is 30.0. The third-order valence-corrected chi connectivity index (χ3v) is 8.51. The van der Waals surface area contributed by atoms with Crippen LogP contribution < -0.4 is 9.64 Å². The van der Waals surface area contributed by atoms with Crippen molar-refractivity contribution in [2.45, 2.75) is 18.0 Å². The van der Waals surface area contributed by atoms with Crippen LogP contribution >= 0.6 is 0 Å².